The van der Waals surface area contributed by atoms with E-state index < -0.39 is 6.04 Å². The fourth-order valence-corrected chi connectivity index (χ4v) is 0.609. The quantitative estimate of drug-likeness (QED) is 0.505. The van der Waals surface area contributed by atoms with E-state index in [0.717, 1.165) is 6.42 Å². The number of carbonyl (C=O) groups is 1. The number of hydrogen-bond acceptors (Lipinski definition) is 3. The molecule has 0 aliphatic rings. The van der Waals surface area contributed by atoms with E-state index in [-0.39, 0.29) is 18.6 Å². The highest BCUT2D eigenvalue weighted by Gasteiger charge is 2.11. The molecule has 0 spiro atoms. The van der Waals surface area contributed by atoms with E-state index >= 15 is 0 Å². The molecule has 1 amide bonds. The predicted octanol–water partition coefficient (Wildman–Crippen LogP) is -0.779. The van der Waals surface area contributed by atoms with Crippen molar-refractivity contribution in [3.8, 4) is 0 Å². The maximum absolute atomic E-state index is 10.9. The zero-order valence-corrected chi connectivity index (χ0v) is 7.00. The Morgan fingerprint density at radius 3 is 2.55 bits per heavy atom. The number of aliphatic hydroxyl groups is 1. The van der Waals surface area contributed by atoms with Gasteiger partial charge in [-0.15, -0.1) is 0 Å². The van der Waals surface area contributed by atoms with Gasteiger partial charge in [0, 0.05) is 0 Å². The minimum atomic E-state index is -0.504. The van der Waals surface area contributed by atoms with Gasteiger partial charge in [-0.25, -0.2) is 0 Å². The summed E-state index contributed by atoms with van der Waals surface area (Å²) in [6.07, 6.45) is 0.717. The topological polar surface area (TPSA) is 75.3 Å². The van der Waals surface area contributed by atoms with E-state index in [1.165, 1.54) is 0 Å². The lowest BCUT2D eigenvalue weighted by atomic mass is 10.2. The minimum Gasteiger partial charge on any atom is -0.394 e. The first-order chi connectivity index (χ1) is 5.11. The fraction of sp³-hybridized carbons (Fsp3) is 0.857. The zero-order valence-electron chi connectivity index (χ0n) is 7.00. The lowest BCUT2D eigenvalue weighted by Gasteiger charge is -2.15. The van der Waals surface area contributed by atoms with Crippen molar-refractivity contribution in [3.05, 3.63) is 0 Å². The summed E-state index contributed by atoms with van der Waals surface area (Å²) in [7, 11) is 0. The molecule has 0 aromatic carbocycles. The first-order valence-corrected chi connectivity index (χ1v) is 3.78. The smallest absolute Gasteiger partial charge is 0.236 e. The minimum absolute atomic E-state index is 0.0328. The van der Waals surface area contributed by atoms with Gasteiger partial charge in [-0.05, 0) is 13.3 Å². The van der Waals surface area contributed by atoms with Gasteiger partial charge in [0.05, 0.1) is 18.7 Å². The average Bonchev–Trinajstić information content (AvgIpc) is 1.99. The van der Waals surface area contributed by atoms with Crippen LogP contribution in [0.3, 0.4) is 0 Å². The van der Waals surface area contributed by atoms with Crippen LogP contribution in [0.5, 0.6) is 0 Å². The Kier molecular flexibility index (Phi) is 4.81. The van der Waals surface area contributed by atoms with E-state index in [9.17, 15) is 4.79 Å². The molecule has 0 radical (unpaired) electrons. The second kappa shape index (κ2) is 5.09. The molecule has 4 N–H and O–H groups in total. The Balaban J connectivity index is 3.72. The fourth-order valence-electron chi connectivity index (χ4n) is 0.609. The Morgan fingerprint density at radius 2 is 2.27 bits per heavy atom. The summed E-state index contributed by atoms with van der Waals surface area (Å²) in [5.74, 6) is -0.217. The van der Waals surface area contributed by atoms with Gasteiger partial charge >= 0.3 is 0 Å². The van der Waals surface area contributed by atoms with Crippen LogP contribution in [-0.2, 0) is 4.79 Å². The van der Waals surface area contributed by atoms with Crippen molar-refractivity contribution in [3.63, 3.8) is 0 Å². The number of hydrogen-bond donors (Lipinski definition) is 3. The van der Waals surface area contributed by atoms with Crippen LogP contribution in [0.1, 0.15) is 20.3 Å². The van der Waals surface area contributed by atoms with Gasteiger partial charge in [0.15, 0.2) is 0 Å². The van der Waals surface area contributed by atoms with E-state index in [0.29, 0.717) is 0 Å². The van der Waals surface area contributed by atoms with Crippen LogP contribution < -0.4 is 11.1 Å². The van der Waals surface area contributed by atoms with Crippen molar-refractivity contribution in [2.24, 2.45) is 5.73 Å². The Bertz CT molecular complexity index is 122. The lowest BCUT2D eigenvalue weighted by Crippen LogP contribution is -2.45. The zero-order chi connectivity index (χ0) is 8.85. The third kappa shape index (κ3) is 3.95. The number of nitrogens with two attached hydrogens (primary N) is 1. The molecular formula is C7H16N2O2. The number of amides is 1. The number of rotatable bonds is 4. The second-order valence-electron chi connectivity index (χ2n) is 2.59. The summed E-state index contributed by atoms with van der Waals surface area (Å²) in [6.45, 7) is 3.47. The first-order valence-electron chi connectivity index (χ1n) is 3.78. The maximum atomic E-state index is 10.9. The van der Waals surface area contributed by atoms with Crippen LogP contribution in [0.2, 0.25) is 0 Å². The first kappa shape index (κ1) is 10.4. The summed E-state index contributed by atoms with van der Waals surface area (Å²) in [5.41, 5.74) is 5.30. The van der Waals surface area contributed by atoms with E-state index in [1.807, 2.05) is 6.92 Å². The van der Waals surface area contributed by atoms with Gasteiger partial charge in [0.1, 0.15) is 0 Å². The van der Waals surface area contributed by atoms with E-state index in [1.54, 1.807) is 6.92 Å². The second-order valence-corrected chi connectivity index (χ2v) is 2.59. The summed E-state index contributed by atoms with van der Waals surface area (Å²) >= 11 is 0. The maximum Gasteiger partial charge on any atom is 0.236 e. The molecule has 0 saturated heterocycles. The molecule has 0 fully saturated rings. The lowest BCUT2D eigenvalue weighted by molar-refractivity contribution is -0.123. The highest BCUT2D eigenvalue weighted by Crippen LogP contribution is 1.89. The SMILES string of the molecule is CC[C@@H](CO)NC(=O)C(C)N. The van der Waals surface area contributed by atoms with Crippen molar-refractivity contribution in [1.82, 2.24) is 5.32 Å². The summed E-state index contributed by atoms with van der Waals surface area (Å²) in [4.78, 5) is 10.9. The molecule has 4 nitrogen and oxygen atoms in total. The molecule has 0 rings (SSSR count). The molecule has 0 aliphatic heterocycles. The van der Waals surface area contributed by atoms with E-state index in [2.05, 4.69) is 5.32 Å². The van der Waals surface area contributed by atoms with Crippen LogP contribution in [-0.4, -0.2) is 29.7 Å². The molecule has 0 aliphatic carbocycles. The van der Waals surface area contributed by atoms with Gasteiger partial charge in [0.25, 0.3) is 0 Å². The average molecular weight is 160 g/mol. The van der Waals surface area contributed by atoms with Gasteiger partial charge in [-0.2, -0.15) is 0 Å². The van der Waals surface area contributed by atoms with Crippen LogP contribution >= 0.6 is 0 Å². The third-order valence-electron chi connectivity index (χ3n) is 1.47. The van der Waals surface area contributed by atoms with Gasteiger partial charge in [-0.3, -0.25) is 4.79 Å². The largest absolute Gasteiger partial charge is 0.394 e. The molecule has 0 bridgehead atoms. The molecule has 4 heteroatoms. The highest BCUT2D eigenvalue weighted by atomic mass is 16.3. The molecule has 2 atom stereocenters. The summed E-state index contributed by atoms with van der Waals surface area (Å²) < 4.78 is 0. The molecule has 1 unspecified atom stereocenters. The molecule has 0 aromatic heterocycles. The third-order valence-corrected chi connectivity index (χ3v) is 1.47. The van der Waals surface area contributed by atoms with Crippen molar-refractivity contribution < 1.29 is 9.90 Å². The standard InChI is InChI=1S/C7H16N2O2/c1-3-6(4-10)9-7(11)5(2)8/h5-6,10H,3-4,8H2,1-2H3,(H,9,11)/t5?,6-/m0/s1. The van der Waals surface area contributed by atoms with Gasteiger partial charge < -0.3 is 16.2 Å². The number of aliphatic hydroxyl groups excluding tert-OH is 1. The molecule has 0 heterocycles. The van der Waals surface area contributed by atoms with Gasteiger partial charge in [-0.1, -0.05) is 6.92 Å². The number of carbonyl (C=O) groups excluding carboxylic acids is 1. The van der Waals surface area contributed by atoms with Crippen LogP contribution in [0.4, 0.5) is 0 Å². The normalized spacial score (nSPS) is 15.6. The Labute approximate surface area is 66.8 Å². The molecule has 0 saturated carbocycles. The Hall–Kier alpha value is -0.610. The summed E-state index contributed by atoms with van der Waals surface area (Å²) in [5, 5.41) is 11.3. The van der Waals surface area contributed by atoms with Crippen molar-refractivity contribution in [1.29, 1.82) is 0 Å². The van der Waals surface area contributed by atoms with Crippen LogP contribution in [0.25, 0.3) is 0 Å². The molecule has 66 valence electrons. The number of nitrogens with one attached hydrogen (secondary N) is 1. The highest BCUT2D eigenvalue weighted by molar-refractivity contribution is 5.81. The van der Waals surface area contributed by atoms with Crippen LogP contribution in [0, 0.1) is 0 Å². The molecule has 11 heavy (non-hydrogen) atoms. The predicted molar refractivity (Wildman–Crippen MR) is 43.0 cm³/mol. The van der Waals surface area contributed by atoms with Crippen molar-refractivity contribution in [2.75, 3.05) is 6.61 Å². The van der Waals surface area contributed by atoms with Gasteiger partial charge in [0.2, 0.25) is 5.91 Å². The van der Waals surface area contributed by atoms with E-state index in [4.69, 9.17) is 10.8 Å². The Morgan fingerprint density at radius 1 is 1.73 bits per heavy atom. The van der Waals surface area contributed by atoms with Crippen LogP contribution in [0.15, 0.2) is 0 Å². The molecule has 0 aromatic rings. The molecular weight excluding hydrogens is 144 g/mol. The monoisotopic (exact) mass is 160 g/mol. The van der Waals surface area contributed by atoms with Crippen molar-refractivity contribution >= 4 is 5.91 Å². The van der Waals surface area contributed by atoms with Crippen molar-refractivity contribution in [2.45, 2.75) is 32.4 Å². The summed E-state index contributed by atoms with van der Waals surface area (Å²) in [6, 6.07) is -0.663.